The number of anilines is 1. The summed E-state index contributed by atoms with van der Waals surface area (Å²) in [6, 6.07) is 6.78. The number of rotatable bonds is 4. The largest absolute Gasteiger partial charge is 0.504 e. The summed E-state index contributed by atoms with van der Waals surface area (Å²) >= 11 is 0. The monoisotopic (exact) mass is 259 g/mol. The Morgan fingerprint density at radius 1 is 1.21 bits per heavy atom. The highest BCUT2D eigenvalue weighted by molar-refractivity contribution is 5.62. The van der Waals surface area contributed by atoms with Gasteiger partial charge in [-0.15, -0.1) is 0 Å². The van der Waals surface area contributed by atoms with E-state index in [-0.39, 0.29) is 5.75 Å². The van der Waals surface area contributed by atoms with Gasteiger partial charge in [-0.05, 0) is 31.5 Å². The van der Waals surface area contributed by atoms with Gasteiger partial charge in [-0.25, -0.2) is 9.97 Å². The summed E-state index contributed by atoms with van der Waals surface area (Å²) in [6.45, 7) is 4.35. The average molecular weight is 259 g/mol. The Balaban J connectivity index is 2.46. The second kappa shape index (κ2) is 5.56. The SMILES string of the molecule is CCOc1cc(-c2nc(N)cc(CC)n2)ccc1O. The van der Waals surface area contributed by atoms with E-state index in [1.807, 2.05) is 13.8 Å². The van der Waals surface area contributed by atoms with Crippen LogP contribution in [0.4, 0.5) is 5.82 Å². The molecule has 5 heteroatoms. The lowest BCUT2D eigenvalue weighted by atomic mass is 10.1. The minimum absolute atomic E-state index is 0.102. The lowest BCUT2D eigenvalue weighted by Gasteiger charge is -2.09. The van der Waals surface area contributed by atoms with Crippen molar-refractivity contribution in [3.05, 3.63) is 30.0 Å². The molecule has 0 fully saturated rings. The number of aromatic hydroxyl groups is 1. The maximum Gasteiger partial charge on any atom is 0.161 e. The first-order valence-corrected chi connectivity index (χ1v) is 6.23. The fourth-order valence-electron chi connectivity index (χ4n) is 1.75. The number of nitrogens with zero attached hydrogens (tertiary/aromatic N) is 2. The zero-order valence-corrected chi connectivity index (χ0v) is 11.1. The van der Waals surface area contributed by atoms with Gasteiger partial charge < -0.3 is 15.6 Å². The number of aromatic nitrogens is 2. The molecule has 1 aromatic heterocycles. The Kier molecular flexibility index (Phi) is 3.85. The van der Waals surface area contributed by atoms with Crippen LogP contribution in [0.3, 0.4) is 0 Å². The molecule has 0 saturated carbocycles. The predicted octanol–water partition coefficient (Wildman–Crippen LogP) is 2.39. The Labute approximate surface area is 112 Å². The molecule has 0 spiro atoms. The summed E-state index contributed by atoms with van der Waals surface area (Å²) < 4.78 is 5.35. The number of hydrogen-bond acceptors (Lipinski definition) is 5. The van der Waals surface area contributed by atoms with Crippen molar-refractivity contribution in [2.75, 3.05) is 12.3 Å². The molecule has 2 aromatic rings. The van der Waals surface area contributed by atoms with Crippen LogP contribution in [-0.2, 0) is 6.42 Å². The number of nitrogens with two attached hydrogens (primary N) is 1. The van der Waals surface area contributed by atoms with Crippen LogP contribution < -0.4 is 10.5 Å². The van der Waals surface area contributed by atoms with Crippen molar-refractivity contribution in [2.45, 2.75) is 20.3 Å². The second-order valence-electron chi connectivity index (χ2n) is 4.08. The van der Waals surface area contributed by atoms with E-state index in [4.69, 9.17) is 10.5 Å². The number of aryl methyl sites for hydroxylation is 1. The Morgan fingerprint density at radius 2 is 2.00 bits per heavy atom. The molecule has 0 aliphatic rings. The molecule has 0 atom stereocenters. The molecule has 0 aliphatic heterocycles. The molecule has 100 valence electrons. The van der Waals surface area contributed by atoms with E-state index in [9.17, 15) is 5.11 Å². The highest BCUT2D eigenvalue weighted by atomic mass is 16.5. The van der Waals surface area contributed by atoms with Crippen LogP contribution in [0.5, 0.6) is 11.5 Å². The zero-order chi connectivity index (χ0) is 13.8. The normalized spacial score (nSPS) is 10.4. The maximum atomic E-state index is 9.68. The van der Waals surface area contributed by atoms with Crippen LogP contribution in [-0.4, -0.2) is 21.7 Å². The molecule has 2 rings (SSSR count). The molecule has 1 heterocycles. The first-order chi connectivity index (χ1) is 9.13. The van der Waals surface area contributed by atoms with Crippen LogP contribution in [0.2, 0.25) is 0 Å². The van der Waals surface area contributed by atoms with E-state index in [0.717, 1.165) is 17.7 Å². The van der Waals surface area contributed by atoms with Gasteiger partial charge in [-0.2, -0.15) is 0 Å². The van der Waals surface area contributed by atoms with Crippen LogP contribution in [0.25, 0.3) is 11.4 Å². The molecule has 0 saturated heterocycles. The van der Waals surface area contributed by atoms with Gasteiger partial charge in [0.2, 0.25) is 0 Å². The van der Waals surface area contributed by atoms with Crippen molar-refractivity contribution in [2.24, 2.45) is 0 Å². The zero-order valence-electron chi connectivity index (χ0n) is 11.1. The highest BCUT2D eigenvalue weighted by Crippen LogP contribution is 2.30. The molecular weight excluding hydrogens is 242 g/mol. The van der Waals surface area contributed by atoms with Gasteiger partial charge in [0.05, 0.1) is 6.61 Å². The molecule has 0 unspecified atom stereocenters. The van der Waals surface area contributed by atoms with Crippen LogP contribution in [0.15, 0.2) is 24.3 Å². The van der Waals surface area contributed by atoms with Gasteiger partial charge in [0.1, 0.15) is 5.82 Å². The number of hydrogen-bond donors (Lipinski definition) is 2. The second-order valence-corrected chi connectivity index (χ2v) is 4.08. The topological polar surface area (TPSA) is 81.3 Å². The van der Waals surface area contributed by atoms with Gasteiger partial charge >= 0.3 is 0 Å². The first kappa shape index (κ1) is 13.1. The average Bonchev–Trinajstić information content (AvgIpc) is 2.40. The molecule has 0 amide bonds. The van der Waals surface area contributed by atoms with Gasteiger partial charge in [-0.1, -0.05) is 6.92 Å². The van der Waals surface area contributed by atoms with Gasteiger partial charge in [0.25, 0.3) is 0 Å². The third-order valence-electron chi connectivity index (χ3n) is 2.68. The maximum absolute atomic E-state index is 9.68. The van der Waals surface area contributed by atoms with Gasteiger partial charge in [0, 0.05) is 17.3 Å². The van der Waals surface area contributed by atoms with Crippen LogP contribution >= 0.6 is 0 Å². The predicted molar refractivity (Wildman–Crippen MR) is 74.1 cm³/mol. The summed E-state index contributed by atoms with van der Waals surface area (Å²) in [7, 11) is 0. The molecule has 0 aliphatic carbocycles. The highest BCUT2D eigenvalue weighted by Gasteiger charge is 2.09. The Morgan fingerprint density at radius 3 is 2.68 bits per heavy atom. The van der Waals surface area contributed by atoms with E-state index in [0.29, 0.717) is 24.0 Å². The van der Waals surface area contributed by atoms with E-state index in [1.165, 1.54) is 0 Å². The molecule has 19 heavy (non-hydrogen) atoms. The van der Waals surface area contributed by atoms with E-state index < -0.39 is 0 Å². The first-order valence-electron chi connectivity index (χ1n) is 6.23. The Bertz CT molecular complexity index is 585. The fraction of sp³-hybridized carbons (Fsp3) is 0.286. The van der Waals surface area contributed by atoms with Crippen LogP contribution in [0, 0.1) is 0 Å². The Hall–Kier alpha value is -2.30. The van der Waals surface area contributed by atoms with Gasteiger partial charge in [-0.3, -0.25) is 0 Å². The number of nitrogen functional groups attached to an aromatic ring is 1. The minimum atomic E-state index is 0.102. The fourth-order valence-corrected chi connectivity index (χ4v) is 1.75. The third-order valence-corrected chi connectivity index (χ3v) is 2.68. The smallest absolute Gasteiger partial charge is 0.161 e. The molecule has 0 radical (unpaired) electrons. The van der Waals surface area contributed by atoms with Crippen molar-refractivity contribution in [3.63, 3.8) is 0 Å². The number of phenols is 1. The number of phenolic OH excluding ortho intramolecular Hbond substituents is 1. The van der Waals surface area contributed by atoms with E-state index in [2.05, 4.69) is 9.97 Å². The molecule has 3 N–H and O–H groups in total. The summed E-state index contributed by atoms with van der Waals surface area (Å²) in [4.78, 5) is 8.64. The lowest BCUT2D eigenvalue weighted by molar-refractivity contribution is 0.318. The van der Waals surface area contributed by atoms with Crippen molar-refractivity contribution < 1.29 is 9.84 Å². The minimum Gasteiger partial charge on any atom is -0.504 e. The summed E-state index contributed by atoms with van der Waals surface area (Å²) in [6.07, 6.45) is 0.788. The standard InChI is InChI=1S/C14H17N3O2/c1-3-10-8-13(15)17-14(16-10)9-5-6-11(18)12(7-9)19-4-2/h5-8,18H,3-4H2,1-2H3,(H2,15,16,17). The van der Waals surface area contributed by atoms with Crippen molar-refractivity contribution >= 4 is 5.82 Å². The summed E-state index contributed by atoms with van der Waals surface area (Å²) in [5.74, 6) is 1.50. The number of benzene rings is 1. The summed E-state index contributed by atoms with van der Waals surface area (Å²) in [5.41, 5.74) is 7.42. The van der Waals surface area contributed by atoms with Crippen molar-refractivity contribution in [1.29, 1.82) is 0 Å². The third kappa shape index (κ3) is 2.93. The molecular formula is C14H17N3O2. The van der Waals surface area contributed by atoms with Gasteiger partial charge in [0.15, 0.2) is 17.3 Å². The molecule has 0 bridgehead atoms. The van der Waals surface area contributed by atoms with Crippen molar-refractivity contribution in [1.82, 2.24) is 9.97 Å². The molecule has 1 aromatic carbocycles. The number of ether oxygens (including phenoxy) is 1. The van der Waals surface area contributed by atoms with E-state index in [1.54, 1.807) is 24.3 Å². The summed E-state index contributed by atoms with van der Waals surface area (Å²) in [5, 5.41) is 9.68. The quantitative estimate of drug-likeness (QED) is 0.881. The lowest BCUT2D eigenvalue weighted by Crippen LogP contribution is -2.00. The molecule has 5 nitrogen and oxygen atoms in total. The van der Waals surface area contributed by atoms with Crippen molar-refractivity contribution in [3.8, 4) is 22.9 Å². The van der Waals surface area contributed by atoms with Crippen LogP contribution in [0.1, 0.15) is 19.5 Å². The van der Waals surface area contributed by atoms with E-state index >= 15 is 0 Å².